The Labute approximate surface area is 50.3 Å². The van der Waals surface area contributed by atoms with Crippen molar-refractivity contribution in [2.45, 2.75) is 19.7 Å². The van der Waals surface area contributed by atoms with Crippen LogP contribution in [0, 0.1) is 5.92 Å². The van der Waals surface area contributed by atoms with E-state index >= 15 is 0 Å². The maximum Gasteiger partial charge on any atom is 0.297 e. The Morgan fingerprint density at radius 1 is 1.62 bits per heavy atom. The summed E-state index contributed by atoms with van der Waals surface area (Å²) in [5.41, 5.74) is 0. The van der Waals surface area contributed by atoms with E-state index < -0.39 is 11.8 Å². The van der Waals surface area contributed by atoms with Crippen LogP contribution in [0.3, 0.4) is 0 Å². The zero-order chi connectivity index (χ0) is 6.73. The Morgan fingerprint density at radius 2 is 2.00 bits per heavy atom. The van der Waals surface area contributed by atoms with Crippen LogP contribution in [0.1, 0.15) is 13.8 Å². The number of hydrogen-bond donors (Lipinski definition) is 1. The normalized spacial score (nSPS) is 13.9. The van der Waals surface area contributed by atoms with Crippen LogP contribution in [0.15, 0.2) is 0 Å². The van der Waals surface area contributed by atoms with Gasteiger partial charge in [0.2, 0.25) is 0 Å². The molecule has 3 heteroatoms. The van der Waals surface area contributed by atoms with E-state index in [4.69, 9.17) is 13.0 Å². The van der Waals surface area contributed by atoms with Crippen molar-refractivity contribution in [1.82, 2.24) is 0 Å². The van der Waals surface area contributed by atoms with Crippen LogP contribution in [-0.2, 0) is 4.79 Å². The number of carboxylic acid groups (broad SMARTS) is 1. The van der Waals surface area contributed by atoms with E-state index in [1.54, 1.807) is 13.8 Å². The number of carbonyl (C=O) groups is 1. The topological polar surface area (TPSA) is 37.3 Å². The SMILES string of the molecule is [B][C@@H](C(=O)O)C(C)C. The first kappa shape index (κ1) is 7.53. The first-order chi connectivity index (χ1) is 3.55. The number of aliphatic carboxylic acids is 1. The van der Waals surface area contributed by atoms with Crippen LogP contribution in [0.25, 0.3) is 0 Å². The van der Waals surface area contributed by atoms with E-state index in [0.717, 1.165) is 0 Å². The highest BCUT2D eigenvalue weighted by atomic mass is 16.4. The third-order valence-electron chi connectivity index (χ3n) is 1.00. The number of carboxylic acids is 1. The number of hydrogen-bond acceptors (Lipinski definition) is 1. The van der Waals surface area contributed by atoms with Crippen molar-refractivity contribution in [2.75, 3.05) is 0 Å². The molecule has 0 saturated carbocycles. The monoisotopic (exact) mass is 112 g/mol. The van der Waals surface area contributed by atoms with E-state index in [2.05, 4.69) is 0 Å². The lowest BCUT2D eigenvalue weighted by molar-refractivity contribution is -0.137. The molecule has 0 bridgehead atoms. The summed E-state index contributed by atoms with van der Waals surface area (Å²) in [7, 11) is 5.16. The molecule has 0 amide bonds. The molecule has 1 atom stereocenters. The lowest BCUT2D eigenvalue weighted by atomic mass is 9.78. The first-order valence-corrected chi connectivity index (χ1v) is 2.54. The molecule has 0 aliphatic carbocycles. The van der Waals surface area contributed by atoms with Crippen molar-refractivity contribution in [3.05, 3.63) is 0 Å². The second kappa shape index (κ2) is 2.75. The van der Waals surface area contributed by atoms with E-state index in [9.17, 15) is 4.79 Å². The molecule has 44 valence electrons. The van der Waals surface area contributed by atoms with E-state index in [1.807, 2.05) is 0 Å². The Kier molecular flexibility index (Phi) is 2.59. The fourth-order valence-corrected chi connectivity index (χ4v) is 0.285. The van der Waals surface area contributed by atoms with Crippen LogP contribution in [0.2, 0.25) is 5.82 Å². The van der Waals surface area contributed by atoms with Gasteiger partial charge >= 0.3 is 0 Å². The van der Waals surface area contributed by atoms with E-state index in [-0.39, 0.29) is 5.92 Å². The third kappa shape index (κ3) is 2.00. The summed E-state index contributed by atoms with van der Waals surface area (Å²) in [6.45, 7) is 3.55. The van der Waals surface area contributed by atoms with Gasteiger partial charge in [-0.05, 0) is 5.92 Å². The van der Waals surface area contributed by atoms with Crippen molar-refractivity contribution in [2.24, 2.45) is 5.92 Å². The Balaban J connectivity index is 3.64. The van der Waals surface area contributed by atoms with Crippen LogP contribution < -0.4 is 0 Å². The maximum atomic E-state index is 10.0. The average molecular weight is 112 g/mol. The molecule has 2 radical (unpaired) electrons. The first-order valence-electron chi connectivity index (χ1n) is 2.54. The molecule has 0 saturated heterocycles. The molecular weight excluding hydrogens is 103 g/mol. The van der Waals surface area contributed by atoms with Crippen molar-refractivity contribution in [3.8, 4) is 0 Å². The van der Waals surface area contributed by atoms with Gasteiger partial charge in [-0.3, -0.25) is 4.79 Å². The van der Waals surface area contributed by atoms with Gasteiger partial charge in [-0.1, -0.05) is 13.8 Å². The van der Waals surface area contributed by atoms with Gasteiger partial charge in [-0.15, -0.1) is 0 Å². The second-order valence-electron chi connectivity index (χ2n) is 2.11. The largest absolute Gasteiger partial charge is 0.482 e. The average Bonchev–Trinajstić information content (AvgIpc) is 1.64. The highest BCUT2D eigenvalue weighted by molar-refractivity contribution is 6.22. The summed E-state index contributed by atoms with van der Waals surface area (Å²) in [4.78, 5) is 10.0. The molecule has 0 rings (SSSR count). The zero-order valence-electron chi connectivity index (χ0n) is 5.09. The minimum Gasteiger partial charge on any atom is -0.482 e. The summed E-state index contributed by atoms with van der Waals surface area (Å²) >= 11 is 0. The van der Waals surface area contributed by atoms with Crippen LogP contribution in [0.5, 0.6) is 0 Å². The fraction of sp³-hybridized carbons (Fsp3) is 0.800. The van der Waals surface area contributed by atoms with Crippen molar-refractivity contribution in [3.63, 3.8) is 0 Å². The van der Waals surface area contributed by atoms with Gasteiger partial charge < -0.3 is 5.11 Å². The molecule has 0 heterocycles. The molecule has 1 N–H and O–H groups in total. The quantitative estimate of drug-likeness (QED) is 0.533. The summed E-state index contributed by atoms with van der Waals surface area (Å²) in [5, 5.41) is 8.23. The standard InChI is InChI=1S/C5H9BO2/c1-3(2)4(6)5(7)8/h3-4H,1-2H3,(H,7,8)/t4-/m1/s1. The second-order valence-corrected chi connectivity index (χ2v) is 2.11. The minimum absolute atomic E-state index is 0.0208. The molecule has 0 fully saturated rings. The van der Waals surface area contributed by atoms with Gasteiger partial charge in [0.05, 0.1) is 7.85 Å². The van der Waals surface area contributed by atoms with Crippen LogP contribution >= 0.6 is 0 Å². The molecule has 0 aliphatic heterocycles. The molecule has 8 heavy (non-hydrogen) atoms. The van der Waals surface area contributed by atoms with E-state index in [1.165, 1.54) is 0 Å². The van der Waals surface area contributed by atoms with Gasteiger partial charge in [0.1, 0.15) is 0 Å². The zero-order valence-corrected chi connectivity index (χ0v) is 5.09. The highest BCUT2D eigenvalue weighted by Crippen LogP contribution is 2.11. The van der Waals surface area contributed by atoms with Gasteiger partial charge in [-0.25, -0.2) is 0 Å². The third-order valence-corrected chi connectivity index (χ3v) is 1.00. The Bertz CT molecular complexity index is 90.4. The Morgan fingerprint density at radius 3 is 2.00 bits per heavy atom. The maximum absolute atomic E-state index is 10.0. The van der Waals surface area contributed by atoms with E-state index in [0.29, 0.717) is 0 Å². The highest BCUT2D eigenvalue weighted by Gasteiger charge is 2.13. The predicted octanol–water partition coefficient (Wildman–Crippen LogP) is 0.684. The lowest BCUT2D eigenvalue weighted by Gasteiger charge is -2.08. The smallest absolute Gasteiger partial charge is 0.297 e. The van der Waals surface area contributed by atoms with Crippen molar-refractivity contribution in [1.29, 1.82) is 0 Å². The van der Waals surface area contributed by atoms with Gasteiger partial charge in [0.25, 0.3) is 5.97 Å². The summed E-state index contributed by atoms with van der Waals surface area (Å²) < 4.78 is 0. The molecule has 0 spiro atoms. The predicted molar refractivity (Wildman–Crippen MR) is 32.0 cm³/mol. The van der Waals surface area contributed by atoms with Gasteiger partial charge in [-0.2, -0.15) is 0 Å². The van der Waals surface area contributed by atoms with Crippen molar-refractivity contribution >= 4 is 13.8 Å². The van der Waals surface area contributed by atoms with Gasteiger partial charge in [0, 0.05) is 5.82 Å². The molecule has 0 aromatic carbocycles. The molecule has 0 unspecified atom stereocenters. The molecule has 0 aromatic heterocycles. The Hall–Kier alpha value is -0.465. The molecular formula is C5H9BO2. The van der Waals surface area contributed by atoms with Crippen LogP contribution in [-0.4, -0.2) is 18.9 Å². The molecule has 2 nitrogen and oxygen atoms in total. The van der Waals surface area contributed by atoms with Crippen molar-refractivity contribution < 1.29 is 9.90 Å². The summed E-state index contributed by atoms with van der Waals surface area (Å²) in [5.74, 6) is -1.62. The fourth-order valence-electron chi connectivity index (χ4n) is 0.285. The summed E-state index contributed by atoms with van der Waals surface area (Å²) in [6.07, 6.45) is 0. The number of rotatable bonds is 2. The minimum atomic E-state index is -0.931. The lowest BCUT2D eigenvalue weighted by Crippen LogP contribution is -2.12. The molecule has 0 aromatic rings. The molecule has 0 aliphatic rings. The van der Waals surface area contributed by atoms with Gasteiger partial charge in [0.15, 0.2) is 0 Å². The van der Waals surface area contributed by atoms with Crippen LogP contribution in [0.4, 0.5) is 0 Å². The summed E-state index contributed by atoms with van der Waals surface area (Å²) in [6, 6.07) is 0.